The Morgan fingerprint density at radius 3 is 1.47 bits per heavy atom. The molecule has 1 aliphatic carbocycles. The summed E-state index contributed by atoms with van der Waals surface area (Å²) >= 11 is 0. The molecule has 1 aliphatic rings. The van der Waals surface area contributed by atoms with Gasteiger partial charge in [-0.15, -0.1) is 0 Å². The van der Waals surface area contributed by atoms with Gasteiger partial charge in [0.15, 0.2) is 0 Å². The van der Waals surface area contributed by atoms with Gasteiger partial charge in [0.2, 0.25) is 0 Å². The molecule has 11 aromatic carbocycles. The van der Waals surface area contributed by atoms with Gasteiger partial charge in [-0.3, -0.25) is 0 Å². The summed E-state index contributed by atoms with van der Waals surface area (Å²) in [5.74, 6) is 0. The Morgan fingerprint density at radius 1 is 0.315 bits per heavy atom. The van der Waals surface area contributed by atoms with Gasteiger partial charge in [-0.05, 0) is 127 Å². The zero-order chi connectivity index (χ0) is 48.2. The maximum atomic E-state index is 7.02. The fourth-order valence-electron chi connectivity index (χ4n) is 11.1. The van der Waals surface area contributed by atoms with Crippen LogP contribution in [0.25, 0.3) is 139 Å². The zero-order valence-electron chi connectivity index (χ0n) is 40.0. The third kappa shape index (κ3) is 7.62. The predicted molar refractivity (Wildman–Crippen MR) is 305 cm³/mol. The lowest BCUT2D eigenvalue weighted by Crippen LogP contribution is -2.03. The van der Waals surface area contributed by atoms with Gasteiger partial charge in [0.25, 0.3) is 0 Å². The molecule has 0 fully saturated rings. The first-order chi connectivity index (χ1) is 36.2. The second-order valence-corrected chi connectivity index (χ2v) is 19.1. The molecule has 73 heavy (non-hydrogen) atoms. The van der Waals surface area contributed by atoms with Gasteiger partial charge >= 0.3 is 0 Å². The first-order valence-corrected chi connectivity index (χ1v) is 25.2. The Hall–Kier alpha value is -9.44. The Bertz CT molecular complexity index is 4290. The largest absolute Gasteiger partial charge is 0.455 e. The molecule has 0 unspecified atom stereocenters. The molecule has 0 spiro atoms. The molecule has 0 aliphatic heterocycles. The molecule has 0 atom stereocenters. The second kappa shape index (κ2) is 17.8. The van der Waals surface area contributed by atoms with Crippen LogP contribution in [0.4, 0.5) is 0 Å². The van der Waals surface area contributed by atoms with Crippen molar-refractivity contribution in [3.05, 3.63) is 260 Å². The number of aromatic nitrogens is 2. The van der Waals surface area contributed by atoms with Crippen molar-refractivity contribution < 1.29 is 4.42 Å². The van der Waals surface area contributed by atoms with E-state index in [9.17, 15) is 0 Å². The minimum Gasteiger partial charge on any atom is -0.455 e. The molecule has 2 aromatic heterocycles. The Morgan fingerprint density at radius 2 is 0.781 bits per heavy atom. The highest BCUT2D eigenvalue weighted by atomic mass is 16.3. The van der Waals surface area contributed by atoms with E-state index in [4.69, 9.17) is 14.4 Å². The van der Waals surface area contributed by atoms with E-state index in [-0.39, 0.29) is 0 Å². The van der Waals surface area contributed by atoms with E-state index in [1.807, 2.05) is 0 Å². The first-order valence-electron chi connectivity index (χ1n) is 25.2. The van der Waals surface area contributed by atoms with Crippen molar-refractivity contribution in [2.45, 2.75) is 12.8 Å². The van der Waals surface area contributed by atoms with Crippen LogP contribution in [0.15, 0.2) is 253 Å². The summed E-state index contributed by atoms with van der Waals surface area (Å²) in [6.45, 7) is 0. The lowest BCUT2D eigenvalue weighted by molar-refractivity contribution is 0.670. The summed E-state index contributed by atoms with van der Waals surface area (Å²) in [5.41, 5.74) is 23.4. The maximum absolute atomic E-state index is 7.02. The lowest BCUT2D eigenvalue weighted by atomic mass is 9.89. The van der Waals surface area contributed by atoms with E-state index >= 15 is 0 Å². The molecule has 0 bridgehead atoms. The fourth-order valence-corrected chi connectivity index (χ4v) is 11.1. The third-order valence-corrected chi connectivity index (χ3v) is 14.7. The van der Waals surface area contributed by atoms with Crippen LogP contribution in [-0.4, -0.2) is 9.97 Å². The molecule has 0 saturated heterocycles. The van der Waals surface area contributed by atoms with Gasteiger partial charge in [-0.1, -0.05) is 212 Å². The highest BCUT2D eigenvalue weighted by Gasteiger charge is 2.23. The lowest BCUT2D eigenvalue weighted by Gasteiger charge is -2.19. The van der Waals surface area contributed by atoms with Crippen molar-refractivity contribution in [3.63, 3.8) is 0 Å². The smallest absolute Gasteiger partial charge is 0.143 e. The molecule has 3 nitrogen and oxygen atoms in total. The minimum absolute atomic E-state index is 0.835. The molecule has 0 N–H and O–H groups in total. The number of rotatable bonds is 8. The van der Waals surface area contributed by atoms with Crippen molar-refractivity contribution in [1.82, 2.24) is 9.97 Å². The van der Waals surface area contributed by atoms with E-state index in [1.54, 1.807) is 0 Å². The minimum atomic E-state index is 0.835. The third-order valence-electron chi connectivity index (χ3n) is 14.7. The Balaban J connectivity index is 0.977. The summed E-state index contributed by atoms with van der Waals surface area (Å²) in [6, 6.07) is 87.0. The van der Waals surface area contributed by atoms with E-state index in [1.165, 1.54) is 44.3 Å². The van der Waals surface area contributed by atoms with Crippen LogP contribution < -0.4 is 0 Å². The van der Waals surface area contributed by atoms with Crippen LogP contribution in [0.3, 0.4) is 0 Å². The van der Waals surface area contributed by atoms with Crippen LogP contribution in [0.2, 0.25) is 0 Å². The number of hydrogen-bond donors (Lipinski definition) is 0. The standard InChI is InChI=1S/C70H46N2O/c1-4-17-45(18-5-1)48-33-35-49(36-34-48)66-67(72-69-61-32-13-11-30-59(61)58-29-10-12-31-60(58)68(69)71-66)56-28-16-27-55(41-56)62-43-57(53-26-15-24-51(40-53)47-21-8-3-9-22-47)44-64-63-42-54(37-38-65(63)73-70(62)64)52-25-14-23-50(39-52)46-19-6-2-7-20-46/h1-9,11-28,30-44H,10,29H2. The highest BCUT2D eigenvalue weighted by Crippen LogP contribution is 2.44. The van der Waals surface area contributed by atoms with Crippen molar-refractivity contribution in [2.24, 2.45) is 0 Å². The van der Waals surface area contributed by atoms with Crippen molar-refractivity contribution in [3.8, 4) is 89.3 Å². The van der Waals surface area contributed by atoms with E-state index in [0.29, 0.717) is 0 Å². The molecular formula is C70H46N2O. The summed E-state index contributed by atoms with van der Waals surface area (Å²) in [6.07, 6.45) is 6.52. The maximum Gasteiger partial charge on any atom is 0.143 e. The molecule has 14 rings (SSSR count). The van der Waals surface area contributed by atoms with Crippen LogP contribution in [0, 0.1) is 0 Å². The average Bonchev–Trinajstić information content (AvgIpc) is 3.86. The SMILES string of the molecule is C1=Cc2c(c3ccccc3c3nc(-c4cccc(-c5cc(-c6cccc(-c7ccccc7)c6)cc6c5oc5ccc(-c7cccc(-c8ccccc8)c7)cc56)c4)c(-c4ccc(-c5ccccc5)cc4)nc23)CC1. The quantitative estimate of drug-likeness (QED) is 0.143. The van der Waals surface area contributed by atoms with E-state index in [0.717, 1.165) is 113 Å². The number of benzene rings is 11. The fraction of sp³-hybridized carbons (Fsp3) is 0.0286. The number of furan rings is 1. The van der Waals surface area contributed by atoms with Crippen LogP contribution in [0.5, 0.6) is 0 Å². The average molecular weight is 931 g/mol. The number of allylic oxidation sites excluding steroid dienone is 1. The van der Waals surface area contributed by atoms with E-state index in [2.05, 4.69) is 255 Å². The van der Waals surface area contributed by atoms with Crippen molar-refractivity contribution >= 4 is 49.8 Å². The summed E-state index contributed by atoms with van der Waals surface area (Å²) in [7, 11) is 0. The van der Waals surface area contributed by atoms with Crippen LogP contribution in [-0.2, 0) is 6.42 Å². The Kier molecular flexibility index (Phi) is 10.3. The zero-order valence-corrected chi connectivity index (χ0v) is 40.0. The Labute approximate surface area is 424 Å². The number of hydrogen-bond acceptors (Lipinski definition) is 3. The number of fused-ring (bicyclic) bond motifs is 9. The summed E-state index contributed by atoms with van der Waals surface area (Å²) < 4.78 is 7.02. The second-order valence-electron chi connectivity index (χ2n) is 19.1. The van der Waals surface area contributed by atoms with Gasteiger partial charge in [0.05, 0.1) is 22.4 Å². The molecule has 0 radical (unpaired) electrons. The first kappa shape index (κ1) is 42.4. The number of aryl methyl sites for hydroxylation is 1. The molecule has 3 heteroatoms. The molecular weight excluding hydrogens is 885 g/mol. The predicted octanol–water partition coefficient (Wildman–Crippen LogP) is 19.0. The number of nitrogens with zero attached hydrogens (tertiary/aromatic N) is 2. The molecule has 2 heterocycles. The normalized spacial score (nSPS) is 12.2. The monoisotopic (exact) mass is 930 g/mol. The van der Waals surface area contributed by atoms with Crippen molar-refractivity contribution in [1.29, 1.82) is 0 Å². The van der Waals surface area contributed by atoms with E-state index < -0.39 is 0 Å². The van der Waals surface area contributed by atoms with Gasteiger partial charge in [0, 0.05) is 38.4 Å². The highest BCUT2D eigenvalue weighted by molar-refractivity contribution is 6.13. The van der Waals surface area contributed by atoms with Gasteiger partial charge in [0.1, 0.15) is 11.2 Å². The molecule has 342 valence electrons. The van der Waals surface area contributed by atoms with Crippen LogP contribution in [0.1, 0.15) is 17.5 Å². The molecule has 0 saturated carbocycles. The van der Waals surface area contributed by atoms with Gasteiger partial charge in [-0.25, -0.2) is 9.97 Å². The van der Waals surface area contributed by atoms with Crippen molar-refractivity contribution in [2.75, 3.05) is 0 Å². The van der Waals surface area contributed by atoms with Gasteiger partial charge in [-0.2, -0.15) is 0 Å². The topological polar surface area (TPSA) is 38.9 Å². The molecule has 0 amide bonds. The van der Waals surface area contributed by atoms with Crippen LogP contribution >= 0.6 is 0 Å². The van der Waals surface area contributed by atoms with Gasteiger partial charge < -0.3 is 4.42 Å². The summed E-state index contributed by atoms with van der Waals surface area (Å²) in [5, 5.41) is 4.51. The summed E-state index contributed by atoms with van der Waals surface area (Å²) in [4.78, 5) is 11.4. The molecule has 13 aromatic rings.